The maximum absolute atomic E-state index is 5.77. The average Bonchev–Trinajstić information content (AvgIpc) is 2.90. The minimum Gasteiger partial charge on any atom is -0.497 e. The fourth-order valence-electron chi connectivity index (χ4n) is 2.02. The molecule has 3 nitrogen and oxygen atoms in total. The largest absolute Gasteiger partial charge is 0.497 e. The van der Waals surface area contributed by atoms with Crippen molar-refractivity contribution in [3.63, 3.8) is 0 Å². The summed E-state index contributed by atoms with van der Waals surface area (Å²) in [7, 11) is 1.64. The van der Waals surface area contributed by atoms with Gasteiger partial charge in [0, 0.05) is 5.56 Å². The third-order valence-electron chi connectivity index (χ3n) is 3.00. The summed E-state index contributed by atoms with van der Waals surface area (Å²) < 4.78 is 11.0. The topological polar surface area (TPSA) is 35.3 Å². The van der Waals surface area contributed by atoms with Gasteiger partial charge in [-0.15, -0.1) is 0 Å². The first kappa shape index (κ1) is 11.5. The number of fused-ring (bicyclic) bond motifs is 1. The first-order valence-electron chi connectivity index (χ1n) is 5.98. The zero-order valence-corrected chi connectivity index (χ0v) is 10.6. The second-order valence-corrected chi connectivity index (χ2v) is 4.14. The Balaban J connectivity index is 2.17. The van der Waals surface area contributed by atoms with Crippen LogP contribution in [0.5, 0.6) is 5.75 Å². The molecule has 3 rings (SSSR count). The molecule has 0 N–H and O–H groups in total. The lowest BCUT2D eigenvalue weighted by Gasteiger charge is -2.05. The number of methoxy groups -OCH3 is 1. The van der Waals surface area contributed by atoms with E-state index in [0.29, 0.717) is 5.89 Å². The summed E-state index contributed by atoms with van der Waals surface area (Å²) in [6.07, 6.45) is 1.77. The van der Waals surface area contributed by atoms with Gasteiger partial charge in [0.05, 0.1) is 7.11 Å². The molecule has 0 unspecified atom stereocenters. The third-order valence-corrected chi connectivity index (χ3v) is 3.00. The molecule has 1 heterocycles. The molecule has 0 bridgehead atoms. The predicted octanol–water partition coefficient (Wildman–Crippen LogP) is 4.15. The van der Waals surface area contributed by atoms with Crippen molar-refractivity contribution in [3.8, 4) is 17.2 Å². The third kappa shape index (κ3) is 1.99. The first-order chi connectivity index (χ1) is 9.31. The van der Waals surface area contributed by atoms with E-state index < -0.39 is 0 Å². The maximum atomic E-state index is 5.77. The molecule has 0 aliphatic heterocycles. The second kappa shape index (κ2) is 4.61. The van der Waals surface area contributed by atoms with Gasteiger partial charge in [-0.1, -0.05) is 24.8 Å². The Morgan fingerprint density at radius 2 is 2.05 bits per heavy atom. The maximum Gasteiger partial charge on any atom is 0.227 e. The summed E-state index contributed by atoms with van der Waals surface area (Å²) in [5, 5.41) is 0. The van der Waals surface area contributed by atoms with Crippen LogP contribution in [0, 0.1) is 0 Å². The number of aromatic nitrogens is 1. The highest BCUT2D eigenvalue weighted by molar-refractivity contribution is 5.79. The van der Waals surface area contributed by atoms with Crippen LogP contribution >= 0.6 is 0 Å². The minimum atomic E-state index is 0.596. The highest BCUT2D eigenvalue weighted by Crippen LogP contribution is 2.30. The molecular formula is C16H13NO2. The monoisotopic (exact) mass is 251 g/mol. The molecule has 0 radical (unpaired) electrons. The standard InChI is InChI=1S/C16H13NO2/c1-3-11-10-12(18-2)8-9-13(11)16-17-14-6-4-5-7-15(14)19-16/h3-10H,1H2,2H3. The smallest absolute Gasteiger partial charge is 0.227 e. The van der Waals surface area contributed by atoms with Gasteiger partial charge in [-0.05, 0) is 35.9 Å². The molecule has 0 atom stereocenters. The molecule has 0 spiro atoms. The Bertz CT molecular complexity index is 710. The molecule has 3 heteroatoms. The van der Waals surface area contributed by atoms with Crippen molar-refractivity contribution in [1.82, 2.24) is 4.98 Å². The van der Waals surface area contributed by atoms with E-state index in [0.717, 1.165) is 28.0 Å². The SMILES string of the molecule is C=Cc1cc(OC)ccc1-c1nc2ccccc2o1. The normalized spacial score (nSPS) is 10.6. The number of oxazole rings is 1. The number of rotatable bonds is 3. The number of para-hydroxylation sites is 2. The van der Waals surface area contributed by atoms with Gasteiger partial charge in [0.1, 0.15) is 11.3 Å². The van der Waals surface area contributed by atoms with Crippen molar-refractivity contribution in [1.29, 1.82) is 0 Å². The number of hydrogen-bond acceptors (Lipinski definition) is 3. The molecular weight excluding hydrogens is 238 g/mol. The van der Waals surface area contributed by atoms with Crippen molar-refractivity contribution in [2.45, 2.75) is 0 Å². The van der Waals surface area contributed by atoms with Gasteiger partial charge < -0.3 is 9.15 Å². The number of nitrogens with zero attached hydrogens (tertiary/aromatic N) is 1. The van der Waals surface area contributed by atoms with Crippen LogP contribution in [0.15, 0.2) is 53.5 Å². The lowest BCUT2D eigenvalue weighted by molar-refractivity contribution is 0.414. The molecule has 0 saturated heterocycles. The van der Waals surface area contributed by atoms with E-state index in [9.17, 15) is 0 Å². The van der Waals surface area contributed by atoms with E-state index in [1.165, 1.54) is 0 Å². The Morgan fingerprint density at radius 3 is 2.79 bits per heavy atom. The summed E-state index contributed by atoms with van der Waals surface area (Å²) in [6.45, 7) is 3.82. The lowest BCUT2D eigenvalue weighted by atomic mass is 10.1. The Morgan fingerprint density at radius 1 is 1.21 bits per heavy atom. The molecule has 0 saturated carbocycles. The van der Waals surface area contributed by atoms with Gasteiger partial charge in [0.15, 0.2) is 5.58 Å². The van der Waals surface area contributed by atoms with Crippen LogP contribution in [0.25, 0.3) is 28.6 Å². The van der Waals surface area contributed by atoms with E-state index in [1.807, 2.05) is 42.5 Å². The number of ether oxygens (including phenoxy) is 1. The van der Waals surface area contributed by atoms with Crippen molar-refractivity contribution >= 4 is 17.2 Å². The lowest BCUT2D eigenvalue weighted by Crippen LogP contribution is -1.87. The van der Waals surface area contributed by atoms with E-state index in [-0.39, 0.29) is 0 Å². The van der Waals surface area contributed by atoms with E-state index in [2.05, 4.69) is 11.6 Å². The summed E-state index contributed by atoms with van der Waals surface area (Å²) >= 11 is 0. The predicted molar refractivity (Wildman–Crippen MR) is 76.1 cm³/mol. The Hall–Kier alpha value is -2.55. The van der Waals surface area contributed by atoms with Gasteiger partial charge >= 0.3 is 0 Å². The molecule has 0 aliphatic carbocycles. The fourth-order valence-corrected chi connectivity index (χ4v) is 2.02. The van der Waals surface area contributed by atoms with Gasteiger partial charge in [-0.25, -0.2) is 4.98 Å². The zero-order valence-electron chi connectivity index (χ0n) is 10.6. The van der Waals surface area contributed by atoms with Crippen LogP contribution < -0.4 is 4.74 Å². The van der Waals surface area contributed by atoms with E-state index >= 15 is 0 Å². The first-order valence-corrected chi connectivity index (χ1v) is 5.98. The van der Waals surface area contributed by atoms with Crippen molar-refractivity contribution < 1.29 is 9.15 Å². The van der Waals surface area contributed by atoms with Crippen molar-refractivity contribution in [2.75, 3.05) is 7.11 Å². The van der Waals surface area contributed by atoms with Crippen molar-refractivity contribution in [3.05, 3.63) is 54.6 Å². The number of benzene rings is 2. The van der Waals surface area contributed by atoms with Crippen LogP contribution in [0.4, 0.5) is 0 Å². The van der Waals surface area contributed by atoms with Crippen LogP contribution in [0.3, 0.4) is 0 Å². The van der Waals surface area contributed by atoms with Gasteiger partial charge in [-0.2, -0.15) is 0 Å². The molecule has 0 fully saturated rings. The quantitative estimate of drug-likeness (QED) is 0.701. The molecule has 1 aromatic heterocycles. The fraction of sp³-hybridized carbons (Fsp3) is 0.0625. The average molecular weight is 251 g/mol. The van der Waals surface area contributed by atoms with Gasteiger partial charge in [-0.3, -0.25) is 0 Å². The van der Waals surface area contributed by atoms with Crippen LogP contribution in [-0.2, 0) is 0 Å². The van der Waals surface area contributed by atoms with E-state index in [1.54, 1.807) is 13.2 Å². The minimum absolute atomic E-state index is 0.596. The van der Waals surface area contributed by atoms with Crippen LogP contribution in [-0.4, -0.2) is 12.1 Å². The number of hydrogen-bond donors (Lipinski definition) is 0. The summed E-state index contributed by atoms with van der Waals surface area (Å²) in [5.74, 6) is 1.38. The summed E-state index contributed by atoms with van der Waals surface area (Å²) in [4.78, 5) is 4.49. The highest BCUT2D eigenvalue weighted by Gasteiger charge is 2.11. The Kier molecular flexibility index (Phi) is 2.80. The zero-order chi connectivity index (χ0) is 13.2. The molecule has 3 aromatic rings. The molecule has 0 aliphatic rings. The highest BCUT2D eigenvalue weighted by atomic mass is 16.5. The summed E-state index contributed by atoms with van der Waals surface area (Å²) in [6, 6.07) is 13.4. The van der Waals surface area contributed by atoms with Gasteiger partial charge in [0.25, 0.3) is 0 Å². The van der Waals surface area contributed by atoms with Gasteiger partial charge in [0.2, 0.25) is 5.89 Å². The van der Waals surface area contributed by atoms with Crippen LogP contribution in [0.2, 0.25) is 0 Å². The molecule has 94 valence electrons. The molecule has 19 heavy (non-hydrogen) atoms. The van der Waals surface area contributed by atoms with Crippen molar-refractivity contribution in [2.24, 2.45) is 0 Å². The van der Waals surface area contributed by atoms with Crippen LogP contribution in [0.1, 0.15) is 5.56 Å². The van der Waals surface area contributed by atoms with E-state index in [4.69, 9.17) is 9.15 Å². The summed E-state index contributed by atoms with van der Waals surface area (Å²) in [5.41, 5.74) is 3.48. The Labute approximate surface area is 111 Å². The second-order valence-electron chi connectivity index (χ2n) is 4.14. The molecule has 2 aromatic carbocycles. The molecule has 0 amide bonds.